The molecule has 10 heteroatoms. The van der Waals surface area contributed by atoms with Crippen molar-refractivity contribution < 1.29 is 14.3 Å². The van der Waals surface area contributed by atoms with Gasteiger partial charge in [0.2, 0.25) is 5.88 Å². The van der Waals surface area contributed by atoms with Crippen LogP contribution < -0.4 is 25.6 Å². The van der Waals surface area contributed by atoms with Crippen LogP contribution in [0.5, 0.6) is 11.6 Å². The predicted molar refractivity (Wildman–Crippen MR) is 138 cm³/mol. The van der Waals surface area contributed by atoms with Crippen molar-refractivity contribution in [3.63, 3.8) is 0 Å². The molecule has 0 atom stereocenters. The zero-order valence-electron chi connectivity index (χ0n) is 20.9. The van der Waals surface area contributed by atoms with E-state index in [1.165, 1.54) is 0 Å². The van der Waals surface area contributed by atoms with Gasteiger partial charge in [0.15, 0.2) is 0 Å². The molecular weight excluding hydrogens is 468 g/mol. The third-order valence-corrected chi connectivity index (χ3v) is 6.68. The lowest BCUT2D eigenvalue weighted by Crippen LogP contribution is -2.51. The molecule has 2 fully saturated rings. The molecule has 0 spiro atoms. The van der Waals surface area contributed by atoms with Crippen LogP contribution in [-0.4, -0.2) is 60.4 Å². The Morgan fingerprint density at radius 3 is 2.57 bits per heavy atom. The van der Waals surface area contributed by atoms with Gasteiger partial charge in [-0.05, 0) is 51.2 Å². The van der Waals surface area contributed by atoms with Crippen LogP contribution >= 0.6 is 11.6 Å². The zero-order chi connectivity index (χ0) is 25.1. The van der Waals surface area contributed by atoms with Crippen LogP contribution in [0.4, 0.5) is 16.3 Å². The minimum absolute atomic E-state index is 0.00916. The van der Waals surface area contributed by atoms with Gasteiger partial charge in [-0.15, -0.1) is 0 Å². The smallest absolute Gasteiger partial charge is 0.407 e. The van der Waals surface area contributed by atoms with Gasteiger partial charge in [-0.25, -0.2) is 14.8 Å². The van der Waals surface area contributed by atoms with E-state index in [1.807, 2.05) is 39.0 Å². The molecule has 0 bridgehead atoms. The number of anilines is 2. The number of nitrogens with one attached hydrogen (secondary N) is 3. The van der Waals surface area contributed by atoms with Crippen molar-refractivity contribution >= 4 is 29.2 Å². The molecule has 190 valence electrons. The SMILES string of the molecule is CC1(CNC(=O)OC(C)(C)C)CCN(c2cnc(Oc3cccc(NC4CNC4)c3Cl)cn2)CC1. The van der Waals surface area contributed by atoms with E-state index in [2.05, 4.69) is 37.7 Å². The number of rotatable bonds is 7. The quantitative estimate of drug-likeness (QED) is 0.511. The van der Waals surface area contributed by atoms with E-state index < -0.39 is 5.60 Å². The Kier molecular flexibility index (Phi) is 7.56. The first-order valence-corrected chi connectivity index (χ1v) is 12.5. The van der Waals surface area contributed by atoms with Crippen molar-refractivity contribution in [2.24, 2.45) is 5.41 Å². The second kappa shape index (κ2) is 10.5. The molecule has 35 heavy (non-hydrogen) atoms. The lowest BCUT2D eigenvalue weighted by molar-refractivity contribution is 0.0495. The van der Waals surface area contributed by atoms with Crippen LogP contribution in [0.1, 0.15) is 40.5 Å². The van der Waals surface area contributed by atoms with E-state index in [9.17, 15) is 4.79 Å². The second-order valence-corrected chi connectivity index (χ2v) is 11.0. The maximum absolute atomic E-state index is 12.0. The largest absolute Gasteiger partial charge is 0.444 e. The summed E-state index contributed by atoms with van der Waals surface area (Å²) < 4.78 is 11.3. The fraction of sp³-hybridized carbons (Fsp3) is 0.560. The number of hydrogen-bond donors (Lipinski definition) is 3. The summed E-state index contributed by atoms with van der Waals surface area (Å²) in [4.78, 5) is 23.2. The van der Waals surface area contributed by atoms with E-state index in [1.54, 1.807) is 12.4 Å². The highest BCUT2D eigenvalue weighted by Crippen LogP contribution is 2.36. The number of carbonyl (C=O) groups excluding carboxylic acids is 1. The Bertz CT molecular complexity index is 1010. The molecule has 2 aliphatic heterocycles. The minimum atomic E-state index is -0.498. The number of benzene rings is 1. The predicted octanol–water partition coefficient (Wildman–Crippen LogP) is 4.44. The summed E-state index contributed by atoms with van der Waals surface area (Å²) >= 11 is 6.54. The third kappa shape index (κ3) is 6.89. The average Bonchev–Trinajstić information content (AvgIpc) is 2.77. The van der Waals surface area contributed by atoms with Gasteiger partial charge < -0.3 is 30.3 Å². The lowest BCUT2D eigenvalue weighted by atomic mass is 9.80. The van der Waals surface area contributed by atoms with Crippen LogP contribution in [-0.2, 0) is 4.74 Å². The van der Waals surface area contributed by atoms with Gasteiger partial charge in [0.05, 0.1) is 24.1 Å². The first-order valence-electron chi connectivity index (χ1n) is 12.1. The van der Waals surface area contributed by atoms with E-state index in [0.717, 1.165) is 50.5 Å². The van der Waals surface area contributed by atoms with Gasteiger partial charge >= 0.3 is 6.09 Å². The van der Waals surface area contributed by atoms with E-state index >= 15 is 0 Å². The van der Waals surface area contributed by atoms with Gasteiger partial charge in [-0.3, -0.25) is 0 Å². The van der Waals surface area contributed by atoms with Gasteiger partial charge in [-0.2, -0.15) is 0 Å². The first-order chi connectivity index (χ1) is 16.6. The number of hydrogen-bond acceptors (Lipinski definition) is 8. The van der Waals surface area contributed by atoms with E-state index in [4.69, 9.17) is 21.1 Å². The Balaban J connectivity index is 1.29. The summed E-state index contributed by atoms with van der Waals surface area (Å²) in [7, 11) is 0. The van der Waals surface area contributed by atoms with Gasteiger partial charge in [0, 0.05) is 32.7 Å². The standard InChI is InChI=1S/C25H35ClN6O3/c1-24(2,3)35-23(33)30-16-25(4)8-10-32(11-9-25)20-14-29-21(15-28-20)34-19-7-5-6-18(22(19)26)31-17-12-27-13-17/h5-7,14-15,17,27,31H,8-13,16H2,1-4H3,(H,30,33). The zero-order valence-corrected chi connectivity index (χ0v) is 21.6. The van der Waals surface area contributed by atoms with Gasteiger partial charge in [0.25, 0.3) is 0 Å². The molecule has 2 aromatic rings. The highest BCUT2D eigenvalue weighted by molar-refractivity contribution is 6.34. The molecule has 1 aromatic heterocycles. The van der Waals surface area contributed by atoms with Gasteiger partial charge in [-0.1, -0.05) is 24.6 Å². The third-order valence-electron chi connectivity index (χ3n) is 6.29. The summed E-state index contributed by atoms with van der Waals surface area (Å²) in [6, 6.07) is 6.04. The van der Waals surface area contributed by atoms with Crippen LogP contribution in [0.25, 0.3) is 0 Å². The maximum Gasteiger partial charge on any atom is 0.407 e. The van der Waals surface area contributed by atoms with E-state index in [0.29, 0.717) is 29.2 Å². The molecule has 3 N–H and O–H groups in total. The molecule has 1 aromatic carbocycles. The number of nitrogens with zero attached hydrogens (tertiary/aromatic N) is 3. The monoisotopic (exact) mass is 502 g/mol. The molecule has 0 aliphatic carbocycles. The fourth-order valence-corrected chi connectivity index (χ4v) is 4.22. The number of alkyl carbamates (subject to hydrolysis) is 1. The van der Waals surface area contributed by atoms with Crippen molar-refractivity contribution in [2.45, 2.75) is 52.2 Å². The number of carbonyl (C=O) groups is 1. The highest BCUT2D eigenvalue weighted by atomic mass is 35.5. The number of amides is 1. The van der Waals surface area contributed by atoms with Crippen molar-refractivity contribution in [1.29, 1.82) is 0 Å². The second-order valence-electron chi connectivity index (χ2n) is 10.6. The number of piperidine rings is 1. The lowest BCUT2D eigenvalue weighted by Gasteiger charge is -2.40. The summed E-state index contributed by atoms with van der Waals surface area (Å²) in [5.74, 6) is 1.73. The summed E-state index contributed by atoms with van der Waals surface area (Å²) in [6.45, 7) is 11.9. The average molecular weight is 503 g/mol. The summed E-state index contributed by atoms with van der Waals surface area (Å²) in [5.41, 5.74) is 0.356. The van der Waals surface area contributed by atoms with Crippen LogP contribution in [0.15, 0.2) is 30.6 Å². The Labute approximate surface area is 211 Å². The first kappa shape index (κ1) is 25.3. The molecule has 0 radical (unpaired) electrons. The molecule has 0 saturated carbocycles. The minimum Gasteiger partial charge on any atom is -0.444 e. The fourth-order valence-electron chi connectivity index (χ4n) is 4.00. The Morgan fingerprint density at radius 2 is 1.97 bits per heavy atom. The highest BCUT2D eigenvalue weighted by Gasteiger charge is 2.31. The number of aromatic nitrogens is 2. The van der Waals surface area contributed by atoms with Crippen molar-refractivity contribution in [2.75, 3.05) is 42.9 Å². The van der Waals surface area contributed by atoms with Gasteiger partial charge in [0.1, 0.15) is 22.2 Å². The Morgan fingerprint density at radius 1 is 1.23 bits per heavy atom. The molecule has 2 aliphatic rings. The number of ether oxygens (including phenoxy) is 2. The molecule has 9 nitrogen and oxygen atoms in total. The van der Waals surface area contributed by atoms with Crippen LogP contribution in [0.2, 0.25) is 5.02 Å². The van der Waals surface area contributed by atoms with Crippen LogP contribution in [0.3, 0.4) is 0 Å². The normalized spacial score (nSPS) is 17.9. The molecular formula is C25H35ClN6O3. The Hall–Kier alpha value is -2.78. The molecule has 1 amide bonds. The maximum atomic E-state index is 12.0. The van der Waals surface area contributed by atoms with Crippen molar-refractivity contribution in [1.82, 2.24) is 20.6 Å². The molecule has 3 heterocycles. The summed E-state index contributed by atoms with van der Waals surface area (Å²) in [6.07, 6.45) is 4.83. The van der Waals surface area contributed by atoms with Crippen LogP contribution in [0, 0.1) is 5.41 Å². The topological polar surface area (TPSA) is 101 Å². The molecule has 2 saturated heterocycles. The summed E-state index contributed by atoms with van der Waals surface area (Å²) in [5, 5.41) is 10.1. The number of halogens is 1. The van der Waals surface area contributed by atoms with Crippen molar-refractivity contribution in [3.8, 4) is 11.6 Å². The molecule has 0 unspecified atom stereocenters. The van der Waals surface area contributed by atoms with Crippen molar-refractivity contribution in [3.05, 3.63) is 35.6 Å². The molecule has 4 rings (SSSR count). The van der Waals surface area contributed by atoms with E-state index in [-0.39, 0.29) is 11.5 Å².